The van der Waals surface area contributed by atoms with Gasteiger partial charge in [0.2, 0.25) is 0 Å². The molecule has 0 aliphatic heterocycles. The van der Waals surface area contributed by atoms with Crippen molar-refractivity contribution in [1.29, 1.82) is 0 Å². The maximum atomic E-state index is 5.75. The molecule has 0 saturated heterocycles. The van der Waals surface area contributed by atoms with Crippen molar-refractivity contribution in [2.75, 3.05) is 5.88 Å². The van der Waals surface area contributed by atoms with E-state index in [1.807, 2.05) is 0 Å². The van der Waals surface area contributed by atoms with Gasteiger partial charge in [-0.25, -0.2) is 0 Å². The highest BCUT2D eigenvalue weighted by atomic mass is 35.5. The summed E-state index contributed by atoms with van der Waals surface area (Å²) < 4.78 is 0. The summed E-state index contributed by atoms with van der Waals surface area (Å²) in [6.07, 6.45) is 26.6. The third-order valence-electron chi connectivity index (χ3n) is 6.61. The Morgan fingerprint density at radius 3 is 1.62 bits per heavy atom. The lowest BCUT2D eigenvalue weighted by atomic mass is 9.77. The Morgan fingerprint density at radius 2 is 1.12 bits per heavy atom. The minimum Gasteiger partial charge on any atom is -0.127 e. The van der Waals surface area contributed by atoms with Gasteiger partial charge in [0, 0.05) is 5.88 Å². The van der Waals surface area contributed by atoms with Gasteiger partial charge in [-0.2, -0.15) is 0 Å². The van der Waals surface area contributed by atoms with Crippen LogP contribution < -0.4 is 0 Å². The number of rotatable bonds is 15. The molecule has 24 heavy (non-hydrogen) atoms. The van der Waals surface area contributed by atoms with Gasteiger partial charge in [-0.05, 0) is 49.4 Å². The van der Waals surface area contributed by atoms with E-state index in [1.165, 1.54) is 96.3 Å². The van der Waals surface area contributed by atoms with Crippen molar-refractivity contribution in [2.45, 2.75) is 103 Å². The molecule has 2 aliphatic carbocycles. The number of alkyl halides is 1. The van der Waals surface area contributed by atoms with E-state index in [0.717, 1.165) is 29.6 Å². The molecule has 0 amide bonds. The number of hydrogen-bond donors (Lipinski definition) is 0. The Bertz CT molecular complexity index is 335. The molecule has 2 aliphatic rings. The predicted molar refractivity (Wildman–Crippen MR) is 109 cm³/mol. The van der Waals surface area contributed by atoms with Crippen molar-refractivity contribution >= 4 is 11.6 Å². The normalized spacial score (nSPS) is 28.1. The van der Waals surface area contributed by atoms with Gasteiger partial charge in [-0.3, -0.25) is 0 Å². The first-order chi connectivity index (χ1) is 11.9. The van der Waals surface area contributed by atoms with Crippen molar-refractivity contribution in [3.8, 4) is 0 Å². The molecule has 1 heteroatoms. The van der Waals surface area contributed by atoms with Crippen LogP contribution in [0.3, 0.4) is 0 Å². The summed E-state index contributed by atoms with van der Waals surface area (Å²) >= 11 is 5.75. The van der Waals surface area contributed by atoms with Crippen LogP contribution in [0.15, 0.2) is 12.2 Å². The van der Waals surface area contributed by atoms with Crippen LogP contribution in [0.4, 0.5) is 0 Å². The van der Waals surface area contributed by atoms with Crippen molar-refractivity contribution in [3.63, 3.8) is 0 Å². The Kier molecular flexibility index (Phi) is 10.5. The van der Waals surface area contributed by atoms with Crippen LogP contribution in [0, 0.1) is 23.7 Å². The minimum atomic E-state index is 0.845. The van der Waals surface area contributed by atoms with Crippen molar-refractivity contribution in [1.82, 2.24) is 0 Å². The van der Waals surface area contributed by atoms with Gasteiger partial charge in [-0.15, -0.1) is 11.6 Å². The Morgan fingerprint density at radius 1 is 0.667 bits per heavy atom. The molecule has 1 saturated carbocycles. The molecule has 1 fully saturated rings. The Balaban J connectivity index is 1.58. The number of allylic oxidation sites excluding steroid dienone is 2. The summed E-state index contributed by atoms with van der Waals surface area (Å²) in [5.74, 6) is 4.79. The lowest BCUT2D eigenvalue weighted by Gasteiger charge is -2.28. The zero-order chi connectivity index (χ0) is 17.0. The number of halogens is 1. The fourth-order valence-corrected chi connectivity index (χ4v) is 5.41. The standard InChI is InChI=1S/C23H41Cl/c1-2-3-4-5-8-11-14-22-20-16-17-21(19-20)23(22)15-12-9-6-7-10-13-18-24/h16-17,20-23H,2-15,18-19H2,1H3. The highest BCUT2D eigenvalue weighted by molar-refractivity contribution is 6.17. The topological polar surface area (TPSA) is 0 Å². The van der Waals surface area contributed by atoms with E-state index in [0.29, 0.717) is 0 Å². The molecule has 0 radical (unpaired) electrons. The van der Waals surface area contributed by atoms with Gasteiger partial charge in [-0.1, -0.05) is 89.7 Å². The Labute approximate surface area is 156 Å². The molecule has 140 valence electrons. The predicted octanol–water partition coefficient (Wildman–Crippen LogP) is 8.14. The molecule has 2 bridgehead atoms. The molecular weight excluding hydrogens is 312 g/mol. The van der Waals surface area contributed by atoms with Crippen molar-refractivity contribution < 1.29 is 0 Å². The molecular formula is C23H41Cl. The summed E-state index contributed by atoms with van der Waals surface area (Å²) in [7, 11) is 0. The van der Waals surface area contributed by atoms with Crippen LogP contribution in [0.5, 0.6) is 0 Å². The van der Waals surface area contributed by atoms with Crippen LogP contribution in [0.2, 0.25) is 0 Å². The highest BCUT2D eigenvalue weighted by Crippen LogP contribution is 2.51. The average Bonchev–Trinajstić information content (AvgIpc) is 3.19. The summed E-state index contributed by atoms with van der Waals surface area (Å²) in [4.78, 5) is 0. The average molecular weight is 353 g/mol. The largest absolute Gasteiger partial charge is 0.127 e. The van der Waals surface area contributed by atoms with Crippen LogP contribution in [0.1, 0.15) is 103 Å². The van der Waals surface area contributed by atoms with E-state index < -0.39 is 0 Å². The first-order valence-electron chi connectivity index (χ1n) is 11.1. The summed E-state index contributed by atoms with van der Waals surface area (Å²) in [6.45, 7) is 2.31. The molecule has 0 aromatic carbocycles. The molecule has 0 heterocycles. The Hall–Kier alpha value is 0.0300. The molecule has 4 atom stereocenters. The summed E-state index contributed by atoms with van der Waals surface area (Å²) in [5.41, 5.74) is 0. The van der Waals surface area contributed by atoms with Crippen LogP contribution in [-0.2, 0) is 0 Å². The molecule has 2 rings (SSSR count). The SMILES string of the molecule is CCCCCCCCC1C2C=CC(C2)C1CCCCCCCCCl. The van der Waals surface area contributed by atoms with Crippen LogP contribution in [-0.4, -0.2) is 5.88 Å². The third-order valence-corrected chi connectivity index (χ3v) is 6.88. The lowest BCUT2D eigenvalue weighted by Crippen LogP contribution is -2.19. The second-order valence-corrected chi connectivity index (χ2v) is 8.81. The first-order valence-corrected chi connectivity index (χ1v) is 11.6. The van der Waals surface area contributed by atoms with Gasteiger partial charge < -0.3 is 0 Å². The van der Waals surface area contributed by atoms with Crippen molar-refractivity contribution in [2.24, 2.45) is 23.7 Å². The monoisotopic (exact) mass is 352 g/mol. The summed E-state index contributed by atoms with van der Waals surface area (Å²) in [6, 6.07) is 0. The maximum Gasteiger partial charge on any atom is 0.0223 e. The lowest BCUT2D eigenvalue weighted by molar-refractivity contribution is 0.260. The smallest absolute Gasteiger partial charge is 0.0223 e. The van der Waals surface area contributed by atoms with Gasteiger partial charge in [0.25, 0.3) is 0 Å². The second-order valence-electron chi connectivity index (χ2n) is 8.43. The quantitative estimate of drug-likeness (QED) is 0.158. The zero-order valence-corrected chi connectivity index (χ0v) is 16.9. The number of unbranched alkanes of at least 4 members (excludes halogenated alkanes) is 10. The molecule has 0 nitrogen and oxygen atoms in total. The molecule has 0 N–H and O–H groups in total. The number of fused-ring (bicyclic) bond motifs is 2. The van der Waals surface area contributed by atoms with Gasteiger partial charge >= 0.3 is 0 Å². The van der Waals surface area contributed by atoms with Gasteiger partial charge in [0.05, 0.1) is 0 Å². The van der Waals surface area contributed by atoms with Gasteiger partial charge in [0.15, 0.2) is 0 Å². The first kappa shape index (κ1) is 20.3. The fraction of sp³-hybridized carbons (Fsp3) is 0.913. The highest BCUT2D eigenvalue weighted by Gasteiger charge is 2.42. The van der Waals surface area contributed by atoms with Gasteiger partial charge in [0.1, 0.15) is 0 Å². The van der Waals surface area contributed by atoms with E-state index in [1.54, 1.807) is 0 Å². The third kappa shape index (κ3) is 6.74. The molecule has 0 aromatic heterocycles. The second kappa shape index (κ2) is 12.4. The maximum absolute atomic E-state index is 5.75. The molecule has 0 spiro atoms. The zero-order valence-electron chi connectivity index (χ0n) is 16.2. The van der Waals surface area contributed by atoms with Crippen molar-refractivity contribution in [3.05, 3.63) is 12.2 Å². The van der Waals surface area contributed by atoms with E-state index in [-0.39, 0.29) is 0 Å². The van der Waals surface area contributed by atoms with E-state index in [9.17, 15) is 0 Å². The number of hydrogen-bond acceptors (Lipinski definition) is 0. The molecule has 4 unspecified atom stereocenters. The van der Waals surface area contributed by atoms with Crippen LogP contribution in [0.25, 0.3) is 0 Å². The minimum absolute atomic E-state index is 0.845. The van der Waals surface area contributed by atoms with E-state index in [4.69, 9.17) is 11.6 Å². The summed E-state index contributed by atoms with van der Waals surface area (Å²) in [5, 5.41) is 0. The van der Waals surface area contributed by atoms with E-state index in [2.05, 4.69) is 19.1 Å². The fourth-order valence-electron chi connectivity index (χ4n) is 5.23. The van der Waals surface area contributed by atoms with E-state index >= 15 is 0 Å². The van der Waals surface area contributed by atoms with Crippen LogP contribution >= 0.6 is 11.6 Å². The molecule has 0 aromatic rings.